The highest BCUT2D eigenvalue weighted by atomic mass is 19.1. The molecular weight excluding hydrogens is 256 g/mol. The topological polar surface area (TPSA) is 26.0 Å². The van der Waals surface area contributed by atoms with E-state index >= 15 is 0 Å². The fourth-order valence-electron chi connectivity index (χ4n) is 3.79. The maximum absolute atomic E-state index is 14.5. The molecule has 1 aliphatic rings. The van der Waals surface area contributed by atoms with Crippen LogP contribution < -0.4 is 5.73 Å². The molecule has 1 fully saturated rings. The van der Waals surface area contributed by atoms with Gasteiger partial charge in [-0.3, -0.25) is 0 Å². The average Bonchev–Trinajstić information content (AvgIpc) is 2.33. The van der Waals surface area contributed by atoms with E-state index in [1.165, 1.54) is 12.1 Å². The van der Waals surface area contributed by atoms with E-state index in [9.17, 15) is 8.78 Å². The highest BCUT2D eigenvalue weighted by Crippen LogP contribution is 2.49. The van der Waals surface area contributed by atoms with Crippen LogP contribution in [0.2, 0.25) is 0 Å². The number of nitrogens with two attached hydrogens (primary N) is 1. The maximum Gasteiger partial charge on any atom is 0.134 e. The van der Waals surface area contributed by atoms with Gasteiger partial charge >= 0.3 is 0 Å². The number of halogens is 2. The van der Waals surface area contributed by atoms with Gasteiger partial charge in [-0.25, -0.2) is 8.78 Å². The average molecular weight is 281 g/mol. The predicted octanol–water partition coefficient (Wildman–Crippen LogP) is 4.66. The normalized spacial score (nSPS) is 27.6. The smallest absolute Gasteiger partial charge is 0.134 e. The molecule has 2 N–H and O–H groups in total. The van der Waals surface area contributed by atoms with Crippen LogP contribution in [0.5, 0.6) is 0 Å². The summed E-state index contributed by atoms with van der Waals surface area (Å²) in [6, 6.07) is 2.82. The lowest BCUT2D eigenvalue weighted by Gasteiger charge is -2.48. The Hall–Kier alpha value is -0.960. The molecule has 1 saturated carbocycles. The third kappa shape index (κ3) is 2.48. The number of hydrogen-bond acceptors (Lipinski definition) is 1. The fraction of sp³-hybridized carbons (Fsp3) is 0.647. The summed E-state index contributed by atoms with van der Waals surface area (Å²) in [4.78, 5) is 0. The van der Waals surface area contributed by atoms with Gasteiger partial charge in [-0.2, -0.15) is 0 Å². The molecule has 2 atom stereocenters. The van der Waals surface area contributed by atoms with Crippen molar-refractivity contribution in [1.29, 1.82) is 0 Å². The van der Waals surface area contributed by atoms with Crippen LogP contribution in [-0.4, -0.2) is 0 Å². The maximum atomic E-state index is 14.5. The Morgan fingerprint density at radius 1 is 1.20 bits per heavy atom. The van der Waals surface area contributed by atoms with Crippen LogP contribution in [-0.2, 0) is 5.54 Å². The van der Waals surface area contributed by atoms with Crippen LogP contribution >= 0.6 is 0 Å². The lowest BCUT2D eigenvalue weighted by Crippen LogP contribution is -2.52. The van der Waals surface area contributed by atoms with Crippen molar-refractivity contribution in [2.24, 2.45) is 17.1 Å². The Labute approximate surface area is 120 Å². The molecule has 0 spiro atoms. The van der Waals surface area contributed by atoms with Crippen LogP contribution in [0.3, 0.4) is 0 Å². The van der Waals surface area contributed by atoms with Gasteiger partial charge in [0.15, 0.2) is 0 Å². The Balaban J connectivity index is 2.60. The van der Waals surface area contributed by atoms with Crippen molar-refractivity contribution in [2.45, 2.75) is 58.9 Å². The molecule has 0 heterocycles. The summed E-state index contributed by atoms with van der Waals surface area (Å²) < 4.78 is 28.8. The standard InChI is InChI=1S/C17H25F2N/c1-11-8-9-12(18)14(15(11)19)17(20)10-6-5-7-13(17)16(2,3)4/h8-9,13H,5-7,10,20H2,1-4H3. The lowest BCUT2D eigenvalue weighted by molar-refractivity contribution is 0.0724. The molecule has 112 valence electrons. The monoisotopic (exact) mass is 281 g/mol. The van der Waals surface area contributed by atoms with E-state index in [4.69, 9.17) is 5.73 Å². The molecule has 20 heavy (non-hydrogen) atoms. The molecule has 1 aliphatic carbocycles. The molecule has 2 unspecified atom stereocenters. The molecule has 0 aliphatic heterocycles. The zero-order valence-electron chi connectivity index (χ0n) is 12.9. The van der Waals surface area contributed by atoms with Gasteiger partial charge in [-0.05, 0) is 42.7 Å². The van der Waals surface area contributed by atoms with Crippen LogP contribution in [0.4, 0.5) is 8.78 Å². The van der Waals surface area contributed by atoms with E-state index in [1.807, 2.05) is 0 Å². The molecule has 3 heteroatoms. The first kappa shape index (κ1) is 15.4. The van der Waals surface area contributed by atoms with Gasteiger partial charge in [0.1, 0.15) is 11.6 Å². The molecule has 0 aromatic heterocycles. The summed E-state index contributed by atoms with van der Waals surface area (Å²) in [5.41, 5.74) is 6.18. The van der Waals surface area contributed by atoms with Gasteiger partial charge in [0, 0.05) is 5.56 Å². The largest absolute Gasteiger partial charge is 0.321 e. The molecule has 0 saturated heterocycles. The predicted molar refractivity (Wildman–Crippen MR) is 78.4 cm³/mol. The van der Waals surface area contributed by atoms with Gasteiger partial charge < -0.3 is 5.73 Å². The number of benzene rings is 1. The summed E-state index contributed by atoms with van der Waals surface area (Å²) >= 11 is 0. The van der Waals surface area contributed by atoms with Crippen LogP contribution in [0.1, 0.15) is 57.6 Å². The quantitative estimate of drug-likeness (QED) is 0.795. The second kappa shape index (κ2) is 5.10. The van der Waals surface area contributed by atoms with Gasteiger partial charge in [0.25, 0.3) is 0 Å². The first-order chi connectivity index (χ1) is 9.18. The Kier molecular flexibility index (Phi) is 3.94. The fourth-order valence-corrected chi connectivity index (χ4v) is 3.79. The summed E-state index contributed by atoms with van der Waals surface area (Å²) in [6.07, 6.45) is 3.57. The van der Waals surface area contributed by atoms with Crippen molar-refractivity contribution in [3.8, 4) is 0 Å². The van der Waals surface area contributed by atoms with E-state index in [1.54, 1.807) is 6.92 Å². The highest BCUT2D eigenvalue weighted by molar-refractivity contribution is 5.34. The van der Waals surface area contributed by atoms with Crippen molar-refractivity contribution < 1.29 is 8.78 Å². The molecule has 1 aromatic rings. The Morgan fingerprint density at radius 2 is 1.85 bits per heavy atom. The summed E-state index contributed by atoms with van der Waals surface area (Å²) in [6.45, 7) is 7.99. The second-order valence-corrected chi connectivity index (χ2v) is 7.26. The van der Waals surface area contributed by atoms with Gasteiger partial charge in [0.05, 0.1) is 5.54 Å². The lowest BCUT2D eigenvalue weighted by atomic mass is 9.60. The van der Waals surface area contributed by atoms with Crippen LogP contribution in [0.25, 0.3) is 0 Å². The minimum absolute atomic E-state index is 0.0716. The van der Waals surface area contributed by atoms with E-state index in [0.717, 1.165) is 19.3 Å². The molecule has 1 nitrogen and oxygen atoms in total. The van der Waals surface area contributed by atoms with Crippen LogP contribution in [0, 0.1) is 29.9 Å². The van der Waals surface area contributed by atoms with Crippen molar-refractivity contribution in [2.75, 3.05) is 0 Å². The minimum atomic E-state index is -0.906. The summed E-state index contributed by atoms with van der Waals surface area (Å²) in [5, 5.41) is 0. The Morgan fingerprint density at radius 3 is 2.45 bits per heavy atom. The molecule has 0 bridgehead atoms. The number of rotatable bonds is 1. The summed E-state index contributed by atoms with van der Waals surface area (Å²) in [7, 11) is 0. The third-order valence-corrected chi connectivity index (χ3v) is 4.75. The summed E-state index contributed by atoms with van der Waals surface area (Å²) in [5.74, 6) is -0.898. The van der Waals surface area contributed by atoms with Gasteiger partial charge in [-0.1, -0.05) is 39.7 Å². The van der Waals surface area contributed by atoms with Crippen molar-refractivity contribution in [3.63, 3.8) is 0 Å². The van der Waals surface area contributed by atoms with E-state index < -0.39 is 17.2 Å². The third-order valence-electron chi connectivity index (χ3n) is 4.75. The molecule has 0 amide bonds. The highest BCUT2D eigenvalue weighted by Gasteiger charge is 2.47. The SMILES string of the molecule is Cc1ccc(F)c(C2(N)CCCCC2C(C)(C)C)c1F. The second-order valence-electron chi connectivity index (χ2n) is 7.26. The minimum Gasteiger partial charge on any atom is -0.321 e. The molecular formula is C17H25F2N. The number of aryl methyl sites for hydroxylation is 1. The van der Waals surface area contributed by atoms with E-state index in [0.29, 0.717) is 12.0 Å². The zero-order chi connectivity index (χ0) is 15.1. The Bertz CT molecular complexity index is 504. The van der Waals surface area contributed by atoms with Crippen molar-refractivity contribution in [1.82, 2.24) is 0 Å². The molecule has 0 radical (unpaired) electrons. The zero-order valence-corrected chi connectivity index (χ0v) is 12.9. The number of hydrogen-bond donors (Lipinski definition) is 1. The van der Waals surface area contributed by atoms with Gasteiger partial charge in [0.2, 0.25) is 0 Å². The van der Waals surface area contributed by atoms with Crippen molar-refractivity contribution >= 4 is 0 Å². The molecule has 2 rings (SSSR count). The van der Waals surface area contributed by atoms with Gasteiger partial charge in [-0.15, -0.1) is 0 Å². The first-order valence-electron chi connectivity index (χ1n) is 7.42. The molecule has 1 aromatic carbocycles. The van der Waals surface area contributed by atoms with Crippen molar-refractivity contribution in [3.05, 3.63) is 34.9 Å². The first-order valence-corrected chi connectivity index (χ1v) is 7.42. The van der Waals surface area contributed by atoms with E-state index in [2.05, 4.69) is 20.8 Å². The van der Waals surface area contributed by atoms with E-state index in [-0.39, 0.29) is 16.9 Å². The van der Waals surface area contributed by atoms with Crippen LogP contribution in [0.15, 0.2) is 12.1 Å².